The Morgan fingerprint density at radius 1 is 1.29 bits per heavy atom. The SMILES string of the molecule is CCOC(=O)/C=C/c1cc(OC)ccc1-c1ccc(O)c(C#N)c1. The maximum absolute atomic E-state index is 11.5. The van der Waals surface area contributed by atoms with Crippen molar-refractivity contribution >= 4 is 12.0 Å². The van der Waals surface area contributed by atoms with Gasteiger partial charge in [0.25, 0.3) is 0 Å². The average molecular weight is 323 g/mol. The Balaban J connectivity index is 2.50. The van der Waals surface area contributed by atoms with Crippen LogP contribution in [0.1, 0.15) is 18.1 Å². The molecule has 0 aliphatic heterocycles. The number of aromatic hydroxyl groups is 1. The molecule has 0 aromatic heterocycles. The van der Waals surface area contributed by atoms with E-state index < -0.39 is 5.97 Å². The fourth-order valence-electron chi connectivity index (χ4n) is 2.21. The number of nitriles is 1. The molecule has 0 fully saturated rings. The third-order valence-electron chi connectivity index (χ3n) is 3.37. The first-order chi connectivity index (χ1) is 11.6. The Bertz CT molecular complexity index is 819. The molecule has 0 radical (unpaired) electrons. The molecule has 0 saturated carbocycles. The summed E-state index contributed by atoms with van der Waals surface area (Å²) in [5.41, 5.74) is 2.46. The van der Waals surface area contributed by atoms with Gasteiger partial charge in [0.2, 0.25) is 0 Å². The van der Waals surface area contributed by atoms with Gasteiger partial charge in [0.05, 0.1) is 19.3 Å². The van der Waals surface area contributed by atoms with Crippen LogP contribution < -0.4 is 4.74 Å². The molecule has 0 aliphatic rings. The van der Waals surface area contributed by atoms with Crippen LogP contribution in [0.2, 0.25) is 0 Å². The van der Waals surface area contributed by atoms with E-state index >= 15 is 0 Å². The molecule has 0 spiro atoms. The molecule has 0 atom stereocenters. The van der Waals surface area contributed by atoms with E-state index in [2.05, 4.69) is 0 Å². The van der Waals surface area contributed by atoms with Crippen molar-refractivity contribution in [1.82, 2.24) is 0 Å². The summed E-state index contributed by atoms with van der Waals surface area (Å²) in [5.74, 6) is 0.134. The standard InChI is InChI=1S/C19H17NO4/c1-3-24-19(22)9-5-14-11-16(23-2)6-7-17(14)13-4-8-18(21)15(10-13)12-20/h4-11,21H,3H2,1-2H3/b9-5+. The Morgan fingerprint density at radius 2 is 2.08 bits per heavy atom. The highest BCUT2D eigenvalue weighted by atomic mass is 16.5. The molecule has 2 aromatic rings. The molecule has 0 aliphatic carbocycles. The van der Waals surface area contributed by atoms with E-state index in [0.717, 1.165) is 16.7 Å². The maximum Gasteiger partial charge on any atom is 0.330 e. The number of phenols is 1. The summed E-state index contributed by atoms with van der Waals surface area (Å²) in [5, 5.41) is 18.7. The van der Waals surface area contributed by atoms with Crippen LogP contribution in [0.4, 0.5) is 0 Å². The highest BCUT2D eigenvalue weighted by Gasteiger charge is 2.09. The third kappa shape index (κ3) is 3.93. The molecule has 0 unspecified atom stereocenters. The van der Waals surface area contributed by atoms with E-state index in [-0.39, 0.29) is 11.3 Å². The zero-order valence-corrected chi connectivity index (χ0v) is 13.4. The van der Waals surface area contributed by atoms with Crippen molar-refractivity contribution in [3.63, 3.8) is 0 Å². The number of hydrogen-bond donors (Lipinski definition) is 1. The van der Waals surface area contributed by atoms with Gasteiger partial charge in [0.1, 0.15) is 17.6 Å². The van der Waals surface area contributed by atoms with Gasteiger partial charge in [0.15, 0.2) is 0 Å². The first kappa shape index (κ1) is 17.1. The number of benzene rings is 2. The maximum atomic E-state index is 11.5. The predicted molar refractivity (Wildman–Crippen MR) is 90.5 cm³/mol. The fraction of sp³-hybridized carbons (Fsp3) is 0.158. The summed E-state index contributed by atoms with van der Waals surface area (Å²) >= 11 is 0. The van der Waals surface area contributed by atoms with Crippen molar-refractivity contribution in [1.29, 1.82) is 5.26 Å². The highest BCUT2D eigenvalue weighted by Crippen LogP contribution is 2.31. The quantitative estimate of drug-likeness (QED) is 0.673. The molecule has 0 bridgehead atoms. The Morgan fingerprint density at radius 3 is 2.75 bits per heavy atom. The lowest BCUT2D eigenvalue weighted by atomic mass is 9.97. The number of methoxy groups -OCH3 is 1. The van der Waals surface area contributed by atoms with Crippen LogP contribution in [-0.2, 0) is 9.53 Å². The smallest absolute Gasteiger partial charge is 0.330 e. The van der Waals surface area contributed by atoms with Crippen molar-refractivity contribution in [2.75, 3.05) is 13.7 Å². The van der Waals surface area contributed by atoms with E-state index in [0.29, 0.717) is 12.4 Å². The van der Waals surface area contributed by atoms with Crippen molar-refractivity contribution in [3.8, 4) is 28.7 Å². The molecule has 0 amide bonds. The topological polar surface area (TPSA) is 79.6 Å². The van der Waals surface area contributed by atoms with E-state index in [1.807, 2.05) is 12.1 Å². The number of ether oxygens (including phenoxy) is 2. The molecule has 5 heteroatoms. The summed E-state index contributed by atoms with van der Waals surface area (Å²) < 4.78 is 10.1. The normalized spacial score (nSPS) is 10.4. The van der Waals surface area contributed by atoms with Crippen LogP contribution in [0.25, 0.3) is 17.2 Å². The minimum atomic E-state index is -0.435. The second-order valence-corrected chi connectivity index (χ2v) is 4.88. The van der Waals surface area contributed by atoms with Crippen molar-refractivity contribution < 1.29 is 19.4 Å². The second-order valence-electron chi connectivity index (χ2n) is 4.88. The molecule has 0 heterocycles. The Kier molecular flexibility index (Phi) is 5.58. The number of esters is 1. The van der Waals surface area contributed by atoms with Crippen LogP contribution in [0.3, 0.4) is 0 Å². The van der Waals surface area contributed by atoms with E-state index in [9.17, 15) is 9.90 Å². The van der Waals surface area contributed by atoms with Gasteiger partial charge in [0, 0.05) is 6.08 Å². The lowest BCUT2D eigenvalue weighted by molar-refractivity contribution is -0.137. The summed E-state index contributed by atoms with van der Waals surface area (Å²) in [6, 6.07) is 12.1. The zero-order chi connectivity index (χ0) is 17.5. The first-order valence-corrected chi connectivity index (χ1v) is 7.35. The van der Waals surface area contributed by atoms with Crippen molar-refractivity contribution in [3.05, 3.63) is 53.6 Å². The molecule has 2 rings (SSSR count). The lowest BCUT2D eigenvalue weighted by Crippen LogP contribution is -1.98. The van der Waals surface area contributed by atoms with Gasteiger partial charge in [-0.15, -0.1) is 0 Å². The molecule has 122 valence electrons. The Labute approximate surface area is 140 Å². The summed E-state index contributed by atoms with van der Waals surface area (Å²) in [7, 11) is 1.56. The van der Waals surface area contributed by atoms with Crippen LogP contribution in [-0.4, -0.2) is 24.8 Å². The first-order valence-electron chi connectivity index (χ1n) is 7.35. The molecule has 0 saturated heterocycles. The number of nitrogens with zero attached hydrogens (tertiary/aromatic N) is 1. The van der Waals surface area contributed by atoms with Gasteiger partial charge in [-0.2, -0.15) is 5.26 Å². The number of carbonyl (C=O) groups excluding carboxylic acids is 1. The third-order valence-corrected chi connectivity index (χ3v) is 3.37. The number of rotatable bonds is 5. The van der Waals surface area contributed by atoms with Crippen LogP contribution >= 0.6 is 0 Å². The van der Waals surface area contributed by atoms with E-state index in [4.69, 9.17) is 14.7 Å². The number of phenolic OH excluding ortho intramolecular Hbond substituents is 1. The summed E-state index contributed by atoms with van der Waals surface area (Å²) in [4.78, 5) is 11.5. The van der Waals surface area contributed by atoms with Gasteiger partial charge < -0.3 is 14.6 Å². The molecule has 24 heavy (non-hydrogen) atoms. The number of carbonyl (C=O) groups is 1. The van der Waals surface area contributed by atoms with E-state index in [1.165, 1.54) is 12.1 Å². The molecule has 5 nitrogen and oxygen atoms in total. The highest BCUT2D eigenvalue weighted by molar-refractivity contribution is 5.89. The number of hydrogen-bond acceptors (Lipinski definition) is 5. The van der Waals surface area contributed by atoms with Crippen LogP contribution in [0.5, 0.6) is 11.5 Å². The largest absolute Gasteiger partial charge is 0.507 e. The Hall–Kier alpha value is -3.26. The van der Waals surface area contributed by atoms with Crippen LogP contribution in [0, 0.1) is 11.3 Å². The monoisotopic (exact) mass is 323 g/mol. The molecule has 1 N–H and O–H groups in total. The van der Waals surface area contributed by atoms with Crippen molar-refractivity contribution in [2.45, 2.75) is 6.92 Å². The molecular weight excluding hydrogens is 306 g/mol. The van der Waals surface area contributed by atoms with Crippen LogP contribution in [0.15, 0.2) is 42.5 Å². The predicted octanol–water partition coefficient (Wildman–Crippen LogP) is 3.52. The fourth-order valence-corrected chi connectivity index (χ4v) is 2.21. The minimum absolute atomic E-state index is 0.0709. The second kappa shape index (κ2) is 7.84. The van der Waals surface area contributed by atoms with Gasteiger partial charge in [-0.25, -0.2) is 4.79 Å². The minimum Gasteiger partial charge on any atom is -0.507 e. The van der Waals surface area contributed by atoms with Crippen molar-refractivity contribution in [2.24, 2.45) is 0 Å². The van der Waals surface area contributed by atoms with Gasteiger partial charge in [-0.3, -0.25) is 0 Å². The molecule has 2 aromatic carbocycles. The van der Waals surface area contributed by atoms with Gasteiger partial charge in [-0.05, 0) is 54.0 Å². The van der Waals surface area contributed by atoms with Gasteiger partial charge >= 0.3 is 5.97 Å². The zero-order valence-electron chi connectivity index (χ0n) is 13.4. The molecular formula is C19H17NO4. The van der Waals surface area contributed by atoms with Gasteiger partial charge in [-0.1, -0.05) is 12.1 Å². The summed E-state index contributed by atoms with van der Waals surface area (Å²) in [6.07, 6.45) is 2.97. The lowest BCUT2D eigenvalue weighted by Gasteiger charge is -2.10. The van der Waals surface area contributed by atoms with E-state index in [1.54, 1.807) is 44.4 Å². The average Bonchev–Trinajstić information content (AvgIpc) is 2.60. The summed E-state index contributed by atoms with van der Waals surface area (Å²) in [6.45, 7) is 2.04.